The van der Waals surface area contributed by atoms with Gasteiger partial charge in [0, 0.05) is 5.39 Å². The number of methoxy groups -OCH3 is 1. The molecule has 0 fully saturated rings. The van der Waals surface area contributed by atoms with Crippen molar-refractivity contribution in [3.05, 3.63) is 34.0 Å². The van der Waals surface area contributed by atoms with Crippen molar-refractivity contribution < 1.29 is 4.74 Å². The molecule has 0 saturated carbocycles. The van der Waals surface area contributed by atoms with Crippen LogP contribution in [0.25, 0.3) is 10.9 Å². The zero-order chi connectivity index (χ0) is 12.6. The average molecular weight is 247 g/mol. The number of fused-ring (bicyclic) bond motifs is 1. The molecule has 0 saturated heterocycles. The Bertz CT molecular complexity index is 644. The Morgan fingerprint density at radius 3 is 2.65 bits per heavy atom. The van der Waals surface area contributed by atoms with Crippen LogP contribution in [0.2, 0.25) is 5.15 Å². The van der Waals surface area contributed by atoms with E-state index in [0.29, 0.717) is 16.8 Å². The van der Waals surface area contributed by atoms with Gasteiger partial charge in [-0.1, -0.05) is 17.7 Å². The van der Waals surface area contributed by atoms with Crippen LogP contribution in [-0.4, -0.2) is 12.1 Å². The van der Waals surface area contributed by atoms with Gasteiger partial charge in [-0.15, -0.1) is 0 Å². The number of rotatable bonds is 1. The number of nitriles is 1. The summed E-state index contributed by atoms with van der Waals surface area (Å²) in [6, 6.07) is 5.89. The van der Waals surface area contributed by atoms with E-state index < -0.39 is 0 Å². The number of pyridine rings is 1. The standard InChI is InChI=1S/C13H11ClN2O/c1-7-4-5-10(17-3)12-11(7)8(2)9(6-15)13(14)16-12/h4-5H,1-3H3. The maximum atomic E-state index is 9.07. The van der Waals surface area contributed by atoms with Crippen LogP contribution in [0, 0.1) is 25.2 Å². The number of nitrogens with zero attached hydrogens (tertiary/aromatic N) is 2. The van der Waals surface area contributed by atoms with E-state index >= 15 is 0 Å². The molecule has 3 nitrogen and oxygen atoms in total. The van der Waals surface area contributed by atoms with Crippen LogP contribution in [0.3, 0.4) is 0 Å². The van der Waals surface area contributed by atoms with Gasteiger partial charge in [-0.2, -0.15) is 5.26 Å². The van der Waals surface area contributed by atoms with Gasteiger partial charge in [-0.25, -0.2) is 4.98 Å². The van der Waals surface area contributed by atoms with Crippen LogP contribution in [0.4, 0.5) is 0 Å². The highest BCUT2D eigenvalue weighted by molar-refractivity contribution is 6.31. The van der Waals surface area contributed by atoms with E-state index in [1.165, 1.54) is 0 Å². The third-order valence-electron chi connectivity index (χ3n) is 2.85. The predicted molar refractivity (Wildman–Crippen MR) is 67.5 cm³/mol. The van der Waals surface area contributed by atoms with E-state index in [4.69, 9.17) is 21.6 Å². The molecule has 0 aliphatic rings. The first kappa shape index (κ1) is 11.7. The average Bonchev–Trinajstić information content (AvgIpc) is 2.29. The number of benzene rings is 1. The summed E-state index contributed by atoms with van der Waals surface area (Å²) in [4.78, 5) is 4.26. The van der Waals surface area contributed by atoms with Gasteiger partial charge in [0.05, 0.1) is 12.7 Å². The SMILES string of the molecule is COc1ccc(C)c2c(C)c(C#N)c(Cl)nc12. The molecule has 0 unspecified atom stereocenters. The molecule has 0 aliphatic carbocycles. The predicted octanol–water partition coefficient (Wildman–Crippen LogP) is 3.39. The molecule has 86 valence electrons. The summed E-state index contributed by atoms with van der Waals surface area (Å²) < 4.78 is 5.26. The van der Waals surface area contributed by atoms with E-state index in [9.17, 15) is 0 Å². The normalized spacial score (nSPS) is 10.3. The monoisotopic (exact) mass is 246 g/mol. The third-order valence-corrected chi connectivity index (χ3v) is 3.12. The zero-order valence-corrected chi connectivity index (χ0v) is 10.6. The number of ether oxygens (including phenoxy) is 1. The second-order valence-corrected chi connectivity index (χ2v) is 4.18. The summed E-state index contributed by atoms with van der Waals surface area (Å²) in [5, 5.41) is 10.2. The Hall–Kier alpha value is -1.79. The molecule has 0 aliphatic heterocycles. The van der Waals surface area contributed by atoms with Crippen molar-refractivity contribution in [1.82, 2.24) is 4.98 Å². The number of aryl methyl sites for hydroxylation is 2. The lowest BCUT2D eigenvalue weighted by atomic mass is 10.0. The van der Waals surface area contributed by atoms with Crippen molar-refractivity contribution in [1.29, 1.82) is 5.26 Å². The van der Waals surface area contributed by atoms with Gasteiger partial charge in [-0.05, 0) is 31.0 Å². The molecular weight excluding hydrogens is 236 g/mol. The highest BCUT2D eigenvalue weighted by atomic mass is 35.5. The van der Waals surface area contributed by atoms with Crippen molar-refractivity contribution in [2.75, 3.05) is 7.11 Å². The molecule has 0 atom stereocenters. The second-order valence-electron chi connectivity index (χ2n) is 3.82. The van der Waals surface area contributed by atoms with Crippen molar-refractivity contribution >= 4 is 22.5 Å². The molecule has 0 radical (unpaired) electrons. The van der Waals surface area contributed by atoms with Crippen molar-refractivity contribution in [2.45, 2.75) is 13.8 Å². The van der Waals surface area contributed by atoms with Gasteiger partial charge < -0.3 is 4.74 Å². The first-order chi connectivity index (χ1) is 8.10. The largest absolute Gasteiger partial charge is 0.494 e. The van der Waals surface area contributed by atoms with Crippen LogP contribution >= 0.6 is 11.6 Å². The molecule has 4 heteroatoms. The van der Waals surface area contributed by atoms with Gasteiger partial charge in [-0.3, -0.25) is 0 Å². The van der Waals surface area contributed by atoms with Crippen molar-refractivity contribution in [3.8, 4) is 11.8 Å². The van der Waals surface area contributed by atoms with E-state index in [-0.39, 0.29) is 5.15 Å². The topological polar surface area (TPSA) is 45.9 Å². The minimum atomic E-state index is 0.224. The van der Waals surface area contributed by atoms with E-state index in [0.717, 1.165) is 16.5 Å². The molecule has 2 rings (SSSR count). The first-order valence-corrected chi connectivity index (χ1v) is 5.51. The lowest BCUT2D eigenvalue weighted by Gasteiger charge is -2.11. The minimum absolute atomic E-state index is 0.224. The molecular formula is C13H11ClN2O. The van der Waals surface area contributed by atoms with Crippen LogP contribution in [0.5, 0.6) is 5.75 Å². The summed E-state index contributed by atoms with van der Waals surface area (Å²) >= 11 is 6.00. The van der Waals surface area contributed by atoms with Crippen LogP contribution in [0.1, 0.15) is 16.7 Å². The highest BCUT2D eigenvalue weighted by Gasteiger charge is 2.14. The molecule has 2 aromatic rings. The Kier molecular flexibility index (Phi) is 2.91. The maximum Gasteiger partial charge on any atom is 0.147 e. The molecule has 1 aromatic carbocycles. The molecule has 0 amide bonds. The lowest BCUT2D eigenvalue weighted by molar-refractivity contribution is 0.419. The molecule has 0 N–H and O–H groups in total. The zero-order valence-electron chi connectivity index (χ0n) is 9.84. The fraction of sp³-hybridized carbons (Fsp3) is 0.231. The Morgan fingerprint density at radius 2 is 2.06 bits per heavy atom. The van der Waals surface area contributed by atoms with Crippen molar-refractivity contribution in [3.63, 3.8) is 0 Å². The first-order valence-electron chi connectivity index (χ1n) is 5.13. The Morgan fingerprint density at radius 1 is 1.35 bits per heavy atom. The fourth-order valence-corrected chi connectivity index (χ4v) is 2.25. The smallest absolute Gasteiger partial charge is 0.147 e. The Labute approximate surface area is 105 Å². The minimum Gasteiger partial charge on any atom is -0.494 e. The summed E-state index contributed by atoms with van der Waals surface area (Å²) in [7, 11) is 1.59. The third kappa shape index (κ3) is 1.71. The van der Waals surface area contributed by atoms with E-state index in [1.807, 2.05) is 26.0 Å². The summed E-state index contributed by atoms with van der Waals surface area (Å²) in [5.74, 6) is 0.667. The number of aromatic nitrogens is 1. The maximum absolute atomic E-state index is 9.07. The number of hydrogen-bond donors (Lipinski definition) is 0. The van der Waals surface area contributed by atoms with Crippen LogP contribution in [0.15, 0.2) is 12.1 Å². The molecule has 1 heterocycles. The quantitative estimate of drug-likeness (QED) is 0.725. The number of hydrogen-bond acceptors (Lipinski definition) is 3. The highest BCUT2D eigenvalue weighted by Crippen LogP contribution is 2.33. The van der Waals surface area contributed by atoms with Gasteiger partial charge in [0.15, 0.2) is 0 Å². The van der Waals surface area contributed by atoms with E-state index in [1.54, 1.807) is 7.11 Å². The van der Waals surface area contributed by atoms with Gasteiger partial charge in [0.25, 0.3) is 0 Å². The molecule has 0 spiro atoms. The summed E-state index contributed by atoms with van der Waals surface area (Å²) in [6.07, 6.45) is 0. The summed E-state index contributed by atoms with van der Waals surface area (Å²) in [6.45, 7) is 3.85. The van der Waals surface area contributed by atoms with Gasteiger partial charge >= 0.3 is 0 Å². The summed E-state index contributed by atoms with van der Waals surface area (Å²) in [5.41, 5.74) is 3.03. The van der Waals surface area contributed by atoms with Crippen LogP contribution < -0.4 is 4.74 Å². The fourth-order valence-electron chi connectivity index (χ4n) is 1.99. The van der Waals surface area contributed by atoms with Gasteiger partial charge in [0.2, 0.25) is 0 Å². The molecule has 17 heavy (non-hydrogen) atoms. The molecule has 0 bridgehead atoms. The lowest BCUT2D eigenvalue weighted by Crippen LogP contribution is -1.96. The Balaban J connectivity index is 3.01. The van der Waals surface area contributed by atoms with E-state index in [2.05, 4.69) is 11.1 Å². The van der Waals surface area contributed by atoms with Crippen molar-refractivity contribution in [2.24, 2.45) is 0 Å². The number of halogens is 1. The second kappa shape index (κ2) is 4.23. The molecule has 1 aromatic heterocycles. The van der Waals surface area contributed by atoms with Crippen LogP contribution in [-0.2, 0) is 0 Å². The van der Waals surface area contributed by atoms with Gasteiger partial charge in [0.1, 0.15) is 22.5 Å².